The minimum Gasteiger partial charge on any atom is -0.375 e. The van der Waals surface area contributed by atoms with E-state index in [9.17, 15) is 0 Å². The highest BCUT2D eigenvalue weighted by Crippen LogP contribution is 2.01. The lowest BCUT2D eigenvalue weighted by molar-refractivity contribution is 0.175. The zero-order chi connectivity index (χ0) is 8.81. The third-order valence-electron chi connectivity index (χ3n) is 2.29. The molecule has 0 aromatic carbocycles. The van der Waals surface area contributed by atoms with Gasteiger partial charge in [0.05, 0.1) is 0 Å². The van der Waals surface area contributed by atoms with Crippen molar-refractivity contribution in [2.45, 2.75) is 6.92 Å². The summed E-state index contributed by atoms with van der Waals surface area (Å²) >= 11 is 0. The summed E-state index contributed by atoms with van der Waals surface area (Å²) in [6.45, 7) is 11.7. The summed E-state index contributed by atoms with van der Waals surface area (Å²) in [5, 5.41) is 0. The Balaban J connectivity index is 2.25. The van der Waals surface area contributed by atoms with Gasteiger partial charge in [-0.3, -0.25) is 0 Å². The van der Waals surface area contributed by atoms with Crippen LogP contribution in [0.1, 0.15) is 6.92 Å². The molecule has 1 saturated heterocycles. The number of hydrogen-bond donors (Lipinski definition) is 0. The quantitative estimate of drug-likeness (QED) is 0.583. The van der Waals surface area contributed by atoms with E-state index < -0.39 is 0 Å². The maximum absolute atomic E-state index is 3.65. The van der Waals surface area contributed by atoms with E-state index in [1.165, 1.54) is 19.6 Å². The van der Waals surface area contributed by atoms with E-state index in [1.807, 2.05) is 12.2 Å². The number of allylic oxidation sites excluding steroid dienone is 2. The van der Waals surface area contributed by atoms with Gasteiger partial charge >= 0.3 is 0 Å². The molecular formula is C10H18N2. The first-order chi connectivity index (χ1) is 5.86. The van der Waals surface area contributed by atoms with Gasteiger partial charge in [-0.15, -0.1) is 0 Å². The summed E-state index contributed by atoms with van der Waals surface area (Å²) in [5.41, 5.74) is 0. The highest BCUT2D eigenvalue weighted by molar-refractivity contribution is 4.97. The molecule has 0 aliphatic carbocycles. The fraction of sp³-hybridized carbons (Fsp3) is 0.600. The molecule has 0 unspecified atom stereocenters. The van der Waals surface area contributed by atoms with Gasteiger partial charge in [0, 0.05) is 26.2 Å². The lowest BCUT2D eigenvalue weighted by Gasteiger charge is -2.33. The molecule has 2 nitrogen and oxygen atoms in total. The van der Waals surface area contributed by atoms with Crippen molar-refractivity contribution in [1.29, 1.82) is 0 Å². The second-order valence-corrected chi connectivity index (χ2v) is 3.05. The van der Waals surface area contributed by atoms with Gasteiger partial charge in [-0.1, -0.05) is 19.6 Å². The van der Waals surface area contributed by atoms with Crippen LogP contribution in [0, 0.1) is 0 Å². The van der Waals surface area contributed by atoms with Crippen LogP contribution in [0.15, 0.2) is 24.9 Å². The monoisotopic (exact) mass is 166 g/mol. The van der Waals surface area contributed by atoms with Gasteiger partial charge < -0.3 is 9.80 Å². The smallest absolute Gasteiger partial charge is 0.0300 e. The largest absolute Gasteiger partial charge is 0.375 e. The third-order valence-corrected chi connectivity index (χ3v) is 2.29. The zero-order valence-electron chi connectivity index (χ0n) is 7.87. The Morgan fingerprint density at radius 1 is 1.25 bits per heavy atom. The molecule has 0 amide bonds. The summed E-state index contributed by atoms with van der Waals surface area (Å²) in [7, 11) is 0. The van der Waals surface area contributed by atoms with E-state index in [2.05, 4.69) is 29.5 Å². The van der Waals surface area contributed by atoms with Crippen molar-refractivity contribution in [1.82, 2.24) is 9.80 Å². The summed E-state index contributed by atoms with van der Waals surface area (Å²) in [4.78, 5) is 4.81. The SMILES string of the molecule is C=C/C=C/N1CCN(CC)CC1. The van der Waals surface area contributed by atoms with Gasteiger partial charge in [-0.05, 0) is 18.8 Å². The average Bonchev–Trinajstić information content (AvgIpc) is 2.15. The summed E-state index contributed by atoms with van der Waals surface area (Å²) < 4.78 is 0. The van der Waals surface area contributed by atoms with Crippen molar-refractivity contribution in [3.8, 4) is 0 Å². The number of rotatable bonds is 3. The van der Waals surface area contributed by atoms with Gasteiger partial charge in [-0.2, -0.15) is 0 Å². The average molecular weight is 166 g/mol. The molecule has 2 heteroatoms. The molecule has 1 rings (SSSR count). The topological polar surface area (TPSA) is 6.48 Å². The van der Waals surface area contributed by atoms with Crippen LogP contribution in [-0.2, 0) is 0 Å². The predicted octanol–water partition coefficient (Wildman–Crippen LogP) is 1.32. The van der Waals surface area contributed by atoms with Gasteiger partial charge in [0.2, 0.25) is 0 Å². The fourth-order valence-corrected chi connectivity index (χ4v) is 1.41. The van der Waals surface area contributed by atoms with Crippen molar-refractivity contribution in [3.63, 3.8) is 0 Å². The van der Waals surface area contributed by atoms with E-state index in [4.69, 9.17) is 0 Å². The second-order valence-electron chi connectivity index (χ2n) is 3.05. The van der Waals surface area contributed by atoms with Gasteiger partial charge in [0.1, 0.15) is 0 Å². The van der Waals surface area contributed by atoms with Crippen LogP contribution in [0.4, 0.5) is 0 Å². The van der Waals surface area contributed by atoms with Crippen molar-refractivity contribution < 1.29 is 0 Å². The standard InChI is InChI=1S/C10H18N2/c1-3-5-6-12-9-7-11(4-2)8-10-12/h3,5-6H,1,4,7-10H2,2H3/b6-5+. The zero-order valence-corrected chi connectivity index (χ0v) is 7.87. The first-order valence-corrected chi connectivity index (χ1v) is 4.62. The van der Waals surface area contributed by atoms with Crippen molar-refractivity contribution in [2.24, 2.45) is 0 Å². The summed E-state index contributed by atoms with van der Waals surface area (Å²) in [6.07, 6.45) is 5.95. The number of piperazine rings is 1. The maximum Gasteiger partial charge on any atom is 0.0300 e. The number of nitrogens with zero attached hydrogens (tertiary/aromatic N) is 2. The molecule has 0 aromatic heterocycles. The molecule has 0 N–H and O–H groups in total. The minimum absolute atomic E-state index is 1.15. The maximum atomic E-state index is 3.65. The van der Waals surface area contributed by atoms with Crippen LogP contribution < -0.4 is 0 Å². The van der Waals surface area contributed by atoms with E-state index in [-0.39, 0.29) is 0 Å². The molecule has 1 aliphatic rings. The molecule has 0 radical (unpaired) electrons. The van der Waals surface area contributed by atoms with Crippen LogP contribution in [0.2, 0.25) is 0 Å². The minimum atomic E-state index is 1.15. The number of hydrogen-bond acceptors (Lipinski definition) is 2. The Morgan fingerprint density at radius 2 is 1.92 bits per heavy atom. The molecule has 0 bridgehead atoms. The molecule has 68 valence electrons. The van der Waals surface area contributed by atoms with E-state index in [0.717, 1.165) is 13.1 Å². The van der Waals surface area contributed by atoms with Gasteiger partial charge in [0.25, 0.3) is 0 Å². The third kappa shape index (κ3) is 2.70. The molecule has 1 heterocycles. The Labute approximate surface area is 75.2 Å². The highest BCUT2D eigenvalue weighted by atomic mass is 15.2. The second kappa shape index (κ2) is 4.99. The molecular weight excluding hydrogens is 148 g/mol. The normalized spacial score (nSPS) is 20.2. The molecule has 1 fully saturated rings. The Bertz CT molecular complexity index is 155. The first-order valence-electron chi connectivity index (χ1n) is 4.62. The lowest BCUT2D eigenvalue weighted by Crippen LogP contribution is -2.43. The Kier molecular flexibility index (Phi) is 3.88. The molecule has 0 saturated carbocycles. The van der Waals surface area contributed by atoms with E-state index in [0.29, 0.717) is 0 Å². The van der Waals surface area contributed by atoms with E-state index in [1.54, 1.807) is 0 Å². The highest BCUT2D eigenvalue weighted by Gasteiger charge is 2.11. The Morgan fingerprint density at radius 3 is 2.42 bits per heavy atom. The van der Waals surface area contributed by atoms with Crippen molar-refractivity contribution in [2.75, 3.05) is 32.7 Å². The van der Waals surface area contributed by atoms with Crippen molar-refractivity contribution >= 4 is 0 Å². The fourth-order valence-electron chi connectivity index (χ4n) is 1.41. The molecule has 0 spiro atoms. The van der Waals surface area contributed by atoms with Crippen LogP contribution in [-0.4, -0.2) is 42.5 Å². The summed E-state index contributed by atoms with van der Waals surface area (Å²) in [6, 6.07) is 0. The lowest BCUT2D eigenvalue weighted by atomic mass is 10.3. The molecule has 1 aliphatic heterocycles. The van der Waals surface area contributed by atoms with E-state index >= 15 is 0 Å². The van der Waals surface area contributed by atoms with Crippen LogP contribution in [0.3, 0.4) is 0 Å². The Hall–Kier alpha value is -0.760. The van der Waals surface area contributed by atoms with Crippen molar-refractivity contribution in [3.05, 3.63) is 24.9 Å². The molecule has 0 atom stereocenters. The van der Waals surface area contributed by atoms with Gasteiger partial charge in [0.15, 0.2) is 0 Å². The van der Waals surface area contributed by atoms with Crippen LogP contribution in [0.25, 0.3) is 0 Å². The number of likely N-dealkylation sites (N-methyl/N-ethyl adjacent to an activating group) is 1. The molecule has 0 aromatic rings. The summed E-state index contributed by atoms with van der Waals surface area (Å²) in [5.74, 6) is 0. The predicted molar refractivity (Wildman–Crippen MR) is 53.0 cm³/mol. The van der Waals surface area contributed by atoms with Crippen LogP contribution in [0.5, 0.6) is 0 Å². The molecule has 12 heavy (non-hydrogen) atoms. The van der Waals surface area contributed by atoms with Gasteiger partial charge in [-0.25, -0.2) is 0 Å². The first kappa shape index (κ1) is 9.33. The van der Waals surface area contributed by atoms with Crippen LogP contribution >= 0.6 is 0 Å².